The van der Waals surface area contributed by atoms with Crippen molar-refractivity contribution in [3.63, 3.8) is 0 Å². The van der Waals surface area contributed by atoms with Gasteiger partial charge in [0.05, 0.1) is 0 Å². The number of hydrogen-bond donors (Lipinski definition) is 0. The summed E-state index contributed by atoms with van der Waals surface area (Å²) in [5.41, 5.74) is 0. The van der Waals surface area contributed by atoms with Crippen LogP contribution in [0.4, 0.5) is 0 Å². The van der Waals surface area contributed by atoms with Crippen LogP contribution in [0.15, 0.2) is 85.1 Å². The zero-order valence-corrected chi connectivity index (χ0v) is 41.1. The first-order valence-electron chi connectivity index (χ1n) is 26.1. The molecule has 0 spiro atoms. The van der Waals surface area contributed by atoms with Crippen LogP contribution < -0.4 is 0 Å². The van der Waals surface area contributed by atoms with E-state index < -0.39 is 6.10 Å². The number of allylic oxidation sites excluding steroid dienone is 14. The predicted molar refractivity (Wildman–Crippen MR) is 270 cm³/mol. The molecule has 63 heavy (non-hydrogen) atoms. The van der Waals surface area contributed by atoms with Crippen molar-refractivity contribution in [2.75, 3.05) is 13.2 Å². The lowest BCUT2D eigenvalue weighted by Gasteiger charge is -2.18. The number of unbranched alkanes of at least 4 members (excludes halogenated alkanes) is 21. The summed E-state index contributed by atoms with van der Waals surface area (Å²) in [5, 5.41) is 0. The molecule has 1 atom stereocenters. The molecule has 0 heterocycles. The standard InChI is InChI=1S/C57H96O6/c1-4-7-10-13-16-19-22-24-26-27-28-29-31-33-36-38-41-44-47-50-56(59)62-53-54(63-57(60)51-48-45-42-39-34-21-18-15-12-9-6-3)52-61-55(58)49-46-43-40-37-35-32-30-25-23-20-17-14-11-8-5-2/h8,11,15-20,24-26,30,35,37,54H,4-7,9-10,12-14,21-23,27-29,31-34,36,38-53H2,1-3H3/b11-8-,18-15-,19-16-,20-17-,26-24-,30-25-,37-35-/t54-/m1/s1. The quantitative estimate of drug-likeness (QED) is 0.0262. The van der Waals surface area contributed by atoms with Crippen LogP contribution in [0, 0.1) is 0 Å². The number of ether oxygens (including phenoxy) is 3. The number of rotatable bonds is 46. The van der Waals surface area contributed by atoms with E-state index in [0.29, 0.717) is 19.3 Å². The van der Waals surface area contributed by atoms with E-state index in [4.69, 9.17) is 14.2 Å². The highest BCUT2D eigenvalue weighted by Crippen LogP contribution is 2.14. The second-order valence-corrected chi connectivity index (χ2v) is 17.0. The Balaban J connectivity index is 4.40. The van der Waals surface area contributed by atoms with Crippen LogP contribution in [0.1, 0.15) is 239 Å². The molecule has 360 valence electrons. The lowest BCUT2D eigenvalue weighted by atomic mass is 10.1. The van der Waals surface area contributed by atoms with E-state index >= 15 is 0 Å². The molecule has 0 N–H and O–H groups in total. The largest absolute Gasteiger partial charge is 0.462 e. The van der Waals surface area contributed by atoms with Crippen molar-refractivity contribution in [1.29, 1.82) is 0 Å². The van der Waals surface area contributed by atoms with Crippen molar-refractivity contribution in [3.8, 4) is 0 Å². The van der Waals surface area contributed by atoms with Crippen LogP contribution in [0.2, 0.25) is 0 Å². The van der Waals surface area contributed by atoms with Crippen molar-refractivity contribution < 1.29 is 28.6 Å². The summed E-state index contributed by atoms with van der Waals surface area (Å²) < 4.78 is 16.7. The van der Waals surface area contributed by atoms with Gasteiger partial charge in [-0.05, 0) is 109 Å². The Morgan fingerprint density at radius 3 is 1.06 bits per heavy atom. The molecule has 0 unspecified atom stereocenters. The molecule has 6 heteroatoms. The summed E-state index contributed by atoms with van der Waals surface area (Å²) in [6.45, 7) is 6.41. The van der Waals surface area contributed by atoms with Gasteiger partial charge in [-0.1, -0.05) is 196 Å². The average molecular weight is 877 g/mol. The van der Waals surface area contributed by atoms with Crippen molar-refractivity contribution in [2.45, 2.75) is 245 Å². The van der Waals surface area contributed by atoms with E-state index in [2.05, 4.69) is 106 Å². The lowest BCUT2D eigenvalue weighted by molar-refractivity contribution is -0.167. The summed E-state index contributed by atoms with van der Waals surface area (Å²) in [4.78, 5) is 37.9. The molecule has 0 aromatic carbocycles. The minimum absolute atomic E-state index is 0.0958. The van der Waals surface area contributed by atoms with Gasteiger partial charge < -0.3 is 14.2 Å². The Kier molecular flexibility index (Phi) is 48.5. The molecule has 0 aromatic heterocycles. The first kappa shape index (κ1) is 59.6. The second kappa shape index (κ2) is 51.2. The molecule has 0 saturated heterocycles. The highest BCUT2D eigenvalue weighted by Gasteiger charge is 2.19. The van der Waals surface area contributed by atoms with E-state index in [0.717, 1.165) is 103 Å². The second-order valence-electron chi connectivity index (χ2n) is 17.0. The summed E-state index contributed by atoms with van der Waals surface area (Å²) >= 11 is 0. The maximum Gasteiger partial charge on any atom is 0.306 e. The van der Waals surface area contributed by atoms with Gasteiger partial charge >= 0.3 is 17.9 Å². The van der Waals surface area contributed by atoms with Crippen LogP contribution in [-0.2, 0) is 28.6 Å². The molecule has 0 saturated carbocycles. The Morgan fingerprint density at radius 1 is 0.333 bits per heavy atom. The molecular formula is C57H96O6. The van der Waals surface area contributed by atoms with Gasteiger partial charge in [-0.2, -0.15) is 0 Å². The first-order valence-corrected chi connectivity index (χ1v) is 26.1. The molecule has 0 aromatic rings. The number of carbonyl (C=O) groups is 3. The van der Waals surface area contributed by atoms with Crippen molar-refractivity contribution in [3.05, 3.63) is 85.1 Å². The van der Waals surface area contributed by atoms with Crippen LogP contribution in [0.5, 0.6) is 0 Å². The minimum atomic E-state index is -0.799. The first-order chi connectivity index (χ1) is 31.0. The van der Waals surface area contributed by atoms with E-state index in [-0.39, 0.29) is 31.1 Å². The number of esters is 3. The zero-order valence-electron chi connectivity index (χ0n) is 41.1. The topological polar surface area (TPSA) is 78.9 Å². The van der Waals surface area contributed by atoms with Gasteiger partial charge in [-0.3, -0.25) is 14.4 Å². The molecular weight excluding hydrogens is 781 g/mol. The van der Waals surface area contributed by atoms with Crippen molar-refractivity contribution >= 4 is 17.9 Å². The van der Waals surface area contributed by atoms with Crippen LogP contribution >= 0.6 is 0 Å². The maximum absolute atomic E-state index is 12.8. The fourth-order valence-electron chi connectivity index (χ4n) is 6.91. The summed E-state index contributed by atoms with van der Waals surface area (Å²) in [7, 11) is 0. The van der Waals surface area contributed by atoms with Gasteiger partial charge in [0.2, 0.25) is 0 Å². The Morgan fingerprint density at radius 2 is 0.635 bits per heavy atom. The lowest BCUT2D eigenvalue weighted by Crippen LogP contribution is -2.30. The van der Waals surface area contributed by atoms with Gasteiger partial charge in [0.15, 0.2) is 6.10 Å². The van der Waals surface area contributed by atoms with Gasteiger partial charge in [-0.25, -0.2) is 0 Å². The third-order valence-corrected chi connectivity index (χ3v) is 10.9. The fourth-order valence-corrected chi connectivity index (χ4v) is 6.91. The summed E-state index contributed by atoms with van der Waals surface area (Å²) in [6, 6.07) is 0. The minimum Gasteiger partial charge on any atom is -0.462 e. The van der Waals surface area contributed by atoms with Gasteiger partial charge in [0.1, 0.15) is 13.2 Å². The normalized spacial score (nSPS) is 12.7. The van der Waals surface area contributed by atoms with E-state index in [1.807, 2.05) is 0 Å². The van der Waals surface area contributed by atoms with Crippen molar-refractivity contribution in [2.24, 2.45) is 0 Å². The third-order valence-electron chi connectivity index (χ3n) is 10.9. The smallest absolute Gasteiger partial charge is 0.306 e. The molecule has 0 amide bonds. The molecule has 0 bridgehead atoms. The number of hydrogen-bond acceptors (Lipinski definition) is 6. The average Bonchev–Trinajstić information content (AvgIpc) is 3.28. The van der Waals surface area contributed by atoms with Gasteiger partial charge in [0.25, 0.3) is 0 Å². The molecule has 0 aliphatic carbocycles. The third kappa shape index (κ3) is 49.5. The monoisotopic (exact) mass is 877 g/mol. The highest BCUT2D eigenvalue weighted by molar-refractivity contribution is 5.71. The highest BCUT2D eigenvalue weighted by atomic mass is 16.6. The Labute approximate surface area is 388 Å². The van der Waals surface area contributed by atoms with E-state index in [1.165, 1.54) is 96.3 Å². The Hall–Kier alpha value is -3.41. The molecule has 6 nitrogen and oxygen atoms in total. The maximum atomic E-state index is 12.8. The van der Waals surface area contributed by atoms with Gasteiger partial charge in [0, 0.05) is 19.3 Å². The van der Waals surface area contributed by atoms with Crippen LogP contribution in [0.25, 0.3) is 0 Å². The van der Waals surface area contributed by atoms with Crippen LogP contribution in [-0.4, -0.2) is 37.2 Å². The molecule has 0 fully saturated rings. The van der Waals surface area contributed by atoms with E-state index in [9.17, 15) is 14.4 Å². The SMILES string of the molecule is CC/C=C\C/C=C\C/C=C\C/C=C\CCCCC(=O)OC[C@H](COC(=O)CCCCCCCCCCC/C=C\C/C=C\CCCCC)OC(=O)CCCCCCC/C=C\CCCC. The molecule has 0 aliphatic heterocycles. The summed E-state index contributed by atoms with van der Waals surface area (Å²) in [5.74, 6) is -0.954. The zero-order chi connectivity index (χ0) is 45.8. The van der Waals surface area contributed by atoms with Crippen molar-refractivity contribution in [1.82, 2.24) is 0 Å². The van der Waals surface area contributed by atoms with Gasteiger partial charge in [-0.15, -0.1) is 0 Å². The predicted octanol–water partition coefficient (Wildman–Crippen LogP) is 17.2. The summed E-state index contributed by atoms with van der Waals surface area (Å²) in [6.07, 6.45) is 65.7. The van der Waals surface area contributed by atoms with Crippen LogP contribution in [0.3, 0.4) is 0 Å². The number of carbonyl (C=O) groups excluding carboxylic acids is 3. The van der Waals surface area contributed by atoms with E-state index in [1.54, 1.807) is 0 Å². The molecule has 0 rings (SSSR count). The molecule has 0 radical (unpaired) electrons. The molecule has 0 aliphatic rings. The Bertz CT molecular complexity index is 1240. The fraction of sp³-hybridized carbons (Fsp3) is 0.702.